The number of hydrogen-bond donors (Lipinski definition) is 2. The van der Waals surface area contributed by atoms with E-state index < -0.39 is 0 Å². The number of benzene rings is 1. The number of nitrogens with one attached hydrogen (secondary N) is 1. The van der Waals surface area contributed by atoms with Crippen LogP contribution in [0.5, 0.6) is 5.75 Å². The Kier molecular flexibility index (Phi) is 4.15. The van der Waals surface area contributed by atoms with E-state index in [1.54, 1.807) is 29.2 Å². The van der Waals surface area contributed by atoms with Gasteiger partial charge >= 0.3 is 0 Å². The minimum absolute atomic E-state index is 0.274. The van der Waals surface area contributed by atoms with Crippen LogP contribution in [0, 0.1) is 0 Å². The number of amides is 1. The first-order valence-electron chi connectivity index (χ1n) is 5.92. The van der Waals surface area contributed by atoms with Crippen LogP contribution >= 0.6 is 0 Å². The molecule has 0 aliphatic rings. The number of nitrogens with two attached hydrogens (primary N) is 1. The van der Waals surface area contributed by atoms with Gasteiger partial charge in [-0.1, -0.05) is 12.1 Å². The van der Waals surface area contributed by atoms with Crippen molar-refractivity contribution in [3.8, 4) is 5.75 Å². The smallest absolute Gasteiger partial charge is 0.275 e. The topological polar surface area (TPSA) is 82.2 Å². The largest absolute Gasteiger partial charge is 0.490 e. The molecule has 1 aromatic heterocycles. The summed E-state index contributed by atoms with van der Waals surface area (Å²) in [4.78, 5) is 16.0. The summed E-state index contributed by atoms with van der Waals surface area (Å²) in [6, 6.07) is 7.21. The van der Waals surface area contributed by atoms with Gasteiger partial charge < -0.3 is 20.4 Å². The van der Waals surface area contributed by atoms with Gasteiger partial charge in [-0.25, -0.2) is 4.98 Å². The molecular formula is C13H16N4O2. The Morgan fingerprint density at radius 3 is 2.95 bits per heavy atom. The Morgan fingerprint density at radius 1 is 1.47 bits per heavy atom. The summed E-state index contributed by atoms with van der Waals surface area (Å²) in [5.74, 6) is 0.321. The molecule has 0 radical (unpaired) electrons. The van der Waals surface area contributed by atoms with E-state index in [2.05, 4.69) is 10.3 Å². The third-order valence-corrected chi connectivity index (χ3v) is 2.45. The van der Waals surface area contributed by atoms with Crippen LogP contribution in [0.1, 0.15) is 10.5 Å². The SMILES string of the molecule is Cn1cnc(C(=O)Nc2ccccc2OCCN)c1. The maximum atomic E-state index is 12.0. The number of carbonyl (C=O) groups excluding carboxylic acids is 1. The van der Waals surface area contributed by atoms with Crippen molar-refractivity contribution in [3.63, 3.8) is 0 Å². The molecule has 2 aromatic rings. The number of anilines is 1. The highest BCUT2D eigenvalue weighted by molar-refractivity contribution is 6.03. The van der Waals surface area contributed by atoms with E-state index in [0.717, 1.165) is 0 Å². The fourth-order valence-electron chi connectivity index (χ4n) is 1.58. The molecule has 1 amide bonds. The van der Waals surface area contributed by atoms with E-state index in [4.69, 9.17) is 10.5 Å². The zero-order valence-electron chi connectivity index (χ0n) is 10.7. The monoisotopic (exact) mass is 260 g/mol. The zero-order chi connectivity index (χ0) is 13.7. The first kappa shape index (κ1) is 13.1. The van der Waals surface area contributed by atoms with Gasteiger partial charge in [-0.2, -0.15) is 0 Å². The molecule has 0 fully saturated rings. The molecule has 0 aliphatic heterocycles. The Labute approximate surface area is 111 Å². The number of para-hydroxylation sites is 2. The number of ether oxygens (including phenoxy) is 1. The van der Waals surface area contributed by atoms with Crippen molar-refractivity contribution < 1.29 is 9.53 Å². The van der Waals surface area contributed by atoms with Crippen molar-refractivity contribution in [1.82, 2.24) is 9.55 Å². The average molecular weight is 260 g/mol. The molecule has 0 saturated carbocycles. The van der Waals surface area contributed by atoms with Crippen molar-refractivity contribution in [2.45, 2.75) is 0 Å². The van der Waals surface area contributed by atoms with Crippen molar-refractivity contribution in [1.29, 1.82) is 0 Å². The van der Waals surface area contributed by atoms with E-state index in [-0.39, 0.29) is 5.91 Å². The average Bonchev–Trinajstić information content (AvgIpc) is 2.84. The van der Waals surface area contributed by atoms with Gasteiger partial charge in [0.1, 0.15) is 18.1 Å². The van der Waals surface area contributed by atoms with Crippen molar-refractivity contribution in [3.05, 3.63) is 42.5 Å². The molecule has 3 N–H and O–H groups in total. The van der Waals surface area contributed by atoms with Gasteiger partial charge in [-0.15, -0.1) is 0 Å². The van der Waals surface area contributed by atoms with Gasteiger partial charge in [0, 0.05) is 19.8 Å². The highest BCUT2D eigenvalue weighted by atomic mass is 16.5. The number of aromatic nitrogens is 2. The van der Waals surface area contributed by atoms with Crippen LogP contribution in [0.2, 0.25) is 0 Å². The van der Waals surface area contributed by atoms with Gasteiger partial charge in [0.25, 0.3) is 5.91 Å². The number of carbonyl (C=O) groups is 1. The number of aryl methyl sites for hydroxylation is 1. The number of nitrogens with zero attached hydrogens (tertiary/aromatic N) is 2. The maximum absolute atomic E-state index is 12.0. The van der Waals surface area contributed by atoms with E-state index in [9.17, 15) is 4.79 Å². The van der Waals surface area contributed by atoms with Crippen molar-refractivity contribution in [2.24, 2.45) is 12.8 Å². The quantitative estimate of drug-likeness (QED) is 0.840. The van der Waals surface area contributed by atoms with Crippen LogP contribution in [-0.4, -0.2) is 28.6 Å². The fourth-order valence-corrected chi connectivity index (χ4v) is 1.58. The number of imidazole rings is 1. The van der Waals surface area contributed by atoms with Crippen LogP contribution in [0.25, 0.3) is 0 Å². The third-order valence-electron chi connectivity index (χ3n) is 2.45. The third kappa shape index (κ3) is 3.32. The first-order chi connectivity index (χ1) is 9.20. The summed E-state index contributed by atoms with van der Waals surface area (Å²) in [6.45, 7) is 0.818. The lowest BCUT2D eigenvalue weighted by Crippen LogP contribution is -2.15. The predicted molar refractivity (Wildman–Crippen MR) is 72.2 cm³/mol. The molecule has 0 aliphatic carbocycles. The molecular weight excluding hydrogens is 244 g/mol. The molecule has 0 atom stereocenters. The summed E-state index contributed by atoms with van der Waals surface area (Å²) < 4.78 is 7.18. The van der Waals surface area contributed by atoms with Gasteiger partial charge in [-0.05, 0) is 12.1 Å². The maximum Gasteiger partial charge on any atom is 0.275 e. The minimum atomic E-state index is -0.274. The van der Waals surface area contributed by atoms with Crippen LogP contribution in [0.4, 0.5) is 5.69 Å². The standard InChI is InChI=1S/C13H16N4O2/c1-17-8-11(15-9-17)13(18)16-10-4-2-3-5-12(10)19-7-6-14/h2-5,8-9H,6-7,14H2,1H3,(H,16,18). The molecule has 100 valence electrons. The second-order valence-corrected chi connectivity index (χ2v) is 4.01. The molecule has 0 unspecified atom stereocenters. The van der Waals surface area contributed by atoms with E-state index in [0.29, 0.717) is 30.3 Å². The van der Waals surface area contributed by atoms with Gasteiger partial charge in [0.05, 0.1) is 12.0 Å². The van der Waals surface area contributed by atoms with Crippen molar-refractivity contribution in [2.75, 3.05) is 18.5 Å². The summed E-state index contributed by atoms with van der Waals surface area (Å²) in [7, 11) is 1.81. The normalized spacial score (nSPS) is 10.2. The fraction of sp³-hybridized carbons (Fsp3) is 0.231. The molecule has 1 aromatic carbocycles. The highest BCUT2D eigenvalue weighted by Crippen LogP contribution is 2.23. The molecule has 19 heavy (non-hydrogen) atoms. The summed E-state index contributed by atoms with van der Waals surface area (Å²) in [5.41, 5.74) is 6.36. The predicted octanol–water partition coefficient (Wildman–Crippen LogP) is 1.01. The minimum Gasteiger partial charge on any atom is -0.490 e. The Morgan fingerprint density at radius 2 is 2.26 bits per heavy atom. The Hall–Kier alpha value is -2.34. The summed E-state index contributed by atoms with van der Waals surface area (Å²) in [6.07, 6.45) is 3.23. The number of rotatable bonds is 5. The Balaban J connectivity index is 2.12. The molecule has 0 bridgehead atoms. The lowest BCUT2D eigenvalue weighted by molar-refractivity contribution is 0.102. The lowest BCUT2D eigenvalue weighted by Gasteiger charge is -2.10. The number of hydrogen-bond acceptors (Lipinski definition) is 4. The molecule has 1 heterocycles. The van der Waals surface area contributed by atoms with E-state index in [1.807, 2.05) is 19.2 Å². The van der Waals surface area contributed by atoms with Crippen LogP contribution in [0.15, 0.2) is 36.8 Å². The lowest BCUT2D eigenvalue weighted by atomic mass is 10.3. The molecule has 6 nitrogen and oxygen atoms in total. The van der Waals surface area contributed by atoms with E-state index >= 15 is 0 Å². The second-order valence-electron chi connectivity index (χ2n) is 4.01. The Bertz CT molecular complexity index is 565. The van der Waals surface area contributed by atoms with Crippen LogP contribution < -0.4 is 15.8 Å². The van der Waals surface area contributed by atoms with Gasteiger partial charge in [-0.3, -0.25) is 4.79 Å². The van der Waals surface area contributed by atoms with Gasteiger partial charge in [0.2, 0.25) is 0 Å². The summed E-state index contributed by atoms with van der Waals surface area (Å²) in [5, 5.41) is 2.77. The van der Waals surface area contributed by atoms with E-state index in [1.165, 1.54) is 0 Å². The summed E-state index contributed by atoms with van der Waals surface area (Å²) >= 11 is 0. The molecule has 0 spiro atoms. The highest BCUT2D eigenvalue weighted by Gasteiger charge is 2.11. The molecule has 6 heteroatoms. The van der Waals surface area contributed by atoms with Gasteiger partial charge in [0.15, 0.2) is 0 Å². The van der Waals surface area contributed by atoms with Crippen LogP contribution in [-0.2, 0) is 7.05 Å². The molecule has 0 saturated heterocycles. The first-order valence-corrected chi connectivity index (χ1v) is 5.92. The molecule has 2 rings (SSSR count). The van der Waals surface area contributed by atoms with Crippen LogP contribution in [0.3, 0.4) is 0 Å². The van der Waals surface area contributed by atoms with Crippen molar-refractivity contribution >= 4 is 11.6 Å². The second kappa shape index (κ2) is 6.01. The zero-order valence-corrected chi connectivity index (χ0v) is 10.7.